The van der Waals surface area contributed by atoms with Crippen molar-refractivity contribution in [2.75, 3.05) is 6.54 Å². The van der Waals surface area contributed by atoms with Crippen LogP contribution in [0.1, 0.15) is 24.7 Å². The van der Waals surface area contributed by atoms with E-state index in [0.29, 0.717) is 23.1 Å². The van der Waals surface area contributed by atoms with Crippen LogP contribution in [0.25, 0.3) is 0 Å². The molecule has 0 aliphatic rings. The summed E-state index contributed by atoms with van der Waals surface area (Å²) in [6.45, 7) is 4.45. The van der Waals surface area contributed by atoms with E-state index in [1.54, 1.807) is 10.7 Å². The van der Waals surface area contributed by atoms with Gasteiger partial charge in [-0.1, -0.05) is 36.2 Å². The number of benzene rings is 1. The molecule has 7 heteroatoms. The maximum absolute atomic E-state index is 6.15. The zero-order valence-corrected chi connectivity index (χ0v) is 12.8. The number of tetrazole rings is 1. The van der Waals surface area contributed by atoms with Gasteiger partial charge in [0.05, 0.1) is 6.54 Å². The molecule has 1 aromatic heterocycles. The number of aromatic nitrogens is 4. The summed E-state index contributed by atoms with van der Waals surface area (Å²) in [6.07, 6.45) is 1.85. The smallest absolute Gasteiger partial charge is 0.165 e. The van der Waals surface area contributed by atoms with Crippen molar-refractivity contribution in [1.82, 2.24) is 25.5 Å². The molecule has 2 aromatic rings. The first kappa shape index (κ1) is 15.2. The second kappa shape index (κ2) is 7.57. The van der Waals surface area contributed by atoms with Crippen molar-refractivity contribution in [2.45, 2.75) is 32.9 Å². The summed E-state index contributed by atoms with van der Waals surface area (Å²) in [5, 5.41) is 16.4. The summed E-state index contributed by atoms with van der Waals surface area (Å²) in [4.78, 5) is 0. The summed E-state index contributed by atoms with van der Waals surface area (Å²) in [5.41, 5.74) is 1.04. The molecule has 0 aliphatic heterocycles. The predicted octanol–water partition coefficient (Wildman–Crippen LogP) is 2.72. The Morgan fingerprint density at radius 2 is 2.15 bits per heavy atom. The van der Waals surface area contributed by atoms with Gasteiger partial charge in [-0.05, 0) is 47.5 Å². The third kappa shape index (κ3) is 4.16. The van der Waals surface area contributed by atoms with E-state index < -0.39 is 0 Å². The lowest BCUT2D eigenvalue weighted by Crippen LogP contribution is -2.18. The van der Waals surface area contributed by atoms with Gasteiger partial charge < -0.3 is 5.32 Å². The van der Waals surface area contributed by atoms with E-state index in [1.807, 2.05) is 12.1 Å². The molecule has 1 N–H and O–H groups in total. The van der Waals surface area contributed by atoms with Gasteiger partial charge in [-0.3, -0.25) is 0 Å². The van der Waals surface area contributed by atoms with E-state index in [0.717, 1.165) is 30.8 Å². The number of hydrogen-bond acceptors (Lipinski definition) is 4. The van der Waals surface area contributed by atoms with Crippen LogP contribution in [-0.4, -0.2) is 26.8 Å². The number of aryl methyl sites for hydroxylation is 2. The van der Waals surface area contributed by atoms with Gasteiger partial charge in [0.15, 0.2) is 5.82 Å². The van der Waals surface area contributed by atoms with Crippen LogP contribution in [0, 0.1) is 0 Å². The van der Waals surface area contributed by atoms with Crippen molar-refractivity contribution in [3.8, 4) is 0 Å². The molecule has 108 valence electrons. The zero-order chi connectivity index (χ0) is 14.4. The number of hydrogen-bond donors (Lipinski definition) is 1. The highest BCUT2D eigenvalue weighted by Gasteiger charge is 2.07. The molecule has 0 unspecified atom stereocenters. The van der Waals surface area contributed by atoms with Crippen LogP contribution in [-0.2, 0) is 19.5 Å². The van der Waals surface area contributed by atoms with Crippen molar-refractivity contribution in [3.05, 3.63) is 39.6 Å². The highest BCUT2D eigenvalue weighted by atomic mass is 35.5. The molecule has 1 aromatic carbocycles. The third-order valence-corrected chi connectivity index (χ3v) is 3.51. The summed E-state index contributed by atoms with van der Waals surface area (Å²) in [6, 6.07) is 5.53. The van der Waals surface area contributed by atoms with Crippen molar-refractivity contribution < 1.29 is 0 Å². The molecule has 20 heavy (non-hydrogen) atoms. The van der Waals surface area contributed by atoms with Crippen LogP contribution < -0.4 is 5.32 Å². The molecule has 0 radical (unpaired) electrons. The Balaban J connectivity index is 1.95. The summed E-state index contributed by atoms with van der Waals surface area (Å²) < 4.78 is 1.80. The molecule has 5 nitrogen and oxygen atoms in total. The summed E-state index contributed by atoms with van der Waals surface area (Å²) in [7, 11) is 0. The quantitative estimate of drug-likeness (QED) is 0.799. The molecule has 0 fully saturated rings. The average molecular weight is 314 g/mol. The fraction of sp³-hybridized carbons (Fsp3) is 0.462. The molecule has 0 saturated heterocycles. The molecule has 1 heterocycles. The van der Waals surface area contributed by atoms with E-state index in [4.69, 9.17) is 23.2 Å². The molecule has 0 atom stereocenters. The Morgan fingerprint density at radius 1 is 1.30 bits per heavy atom. The standard InChI is InChI=1S/C13H17Cl2N5/c1-2-6-16-9-13-17-18-19-20(13)7-5-10-3-4-11(14)8-12(10)15/h3-4,8,16H,2,5-7,9H2,1H3. The monoisotopic (exact) mass is 313 g/mol. The number of nitrogens with one attached hydrogen (secondary N) is 1. The predicted molar refractivity (Wildman–Crippen MR) is 80.0 cm³/mol. The van der Waals surface area contributed by atoms with Gasteiger partial charge in [-0.25, -0.2) is 4.68 Å². The Labute approximate surface area is 128 Å². The zero-order valence-electron chi connectivity index (χ0n) is 11.3. The van der Waals surface area contributed by atoms with Crippen molar-refractivity contribution in [3.63, 3.8) is 0 Å². The number of rotatable bonds is 7. The lowest BCUT2D eigenvalue weighted by atomic mass is 10.1. The first-order valence-corrected chi connectivity index (χ1v) is 7.36. The summed E-state index contributed by atoms with van der Waals surface area (Å²) >= 11 is 12.0. The molecule has 0 spiro atoms. The van der Waals surface area contributed by atoms with Gasteiger partial charge in [0.25, 0.3) is 0 Å². The third-order valence-electron chi connectivity index (χ3n) is 2.92. The normalized spacial score (nSPS) is 10.9. The second-order valence-corrected chi connectivity index (χ2v) is 5.32. The van der Waals surface area contributed by atoms with Crippen LogP contribution in [0.2, 0.25) is 10.0 Å². The minimum absolute atomic E-state index is 0.644. The van der Waals surface area contributed by atoms with Crippen LogP contribution in [0.4, 0.5) is 0 Å². The first-order valence-electron chi connectivity index (χ1n) is 6.60. The number of nitrogens with zero attached hydrogens (tertiary/aromatic N) is 4. The minimum atomic E-state index is 0.644. The number of halogens is 2. The lowest BCUT2D eigenvalue weighted by molar-refractivity contribution is 0.541. The largest absolute Gasteiger partial charge is 0.310 e. The van der Waals surface area contributed by atoms with Gasteiger partial charge >= 0.3 is 0 Å². The minimum Gasteiger partial charge on any atom is -0.310 e. The van der Waals surface area contributed by atoms with Gasteiger partial charge in [0, 0.05) is 16.6 Å². The molecule has 0 amide bonds. The molecule has 0 aliphatic carbocycles. The van der Waals surface area contributed by atoms with Crippen LogP contribution in [0.3, 0.4) is 0 Å². The Hall–Kier alpha value is -1.17. The van der Waals surface area contributed by atoms with Crippen LogP contribution in [0.15, 0.2) is 18.2 Å². The molecular weight excluding hydrogens is 297 g/mol. The molecule has 0 saturated carbocycles. The fourth-order valence-electron chi connectivity index (χ4n) is 1.85. The van der Waals surface area contributed by atoms with Crippen LogP contribution in [0.5, 0.6) is 0 Å². The highest BCUT2D eigenvalue weighted by molar-refractivity contribution is 6.35. The molecule has 0 bridgehead atoms. The topological polar surface area (TPSA) is 55.6 Å². The van der Waals surface area contributed by atoms with E-state index in [1.165, 1.54) is 0 Å². The van der Waals surface area contributed by atoms with E-state index >= 15 is 0 Å². The summed E-state index contributed by atoms with van der Waals surface area (Å²) in [5.74, 6) is 0.837. The van der Waals surface area contributed by atoms with Gasteiger partial charge in [-0.2, -0.15) is 0 Å². The van der Waals surface area contributed by atoms with E-state index in [2.05, 4.69) is 27.8 Å². The van der Waals surface area contributed by atoms with E-state index in [9.17, 15) is 0 Å². The van der Waals surface area contributed by atoms with E-state index in [-0.39, 0.29) is 0 Å². The highest BCUT2D eigenvalue weighted by Crippen LogP contribution is 2.21. The van der Waals surface area contributed by atoms with Crippen LogP contribution >= 0.6 is 23.2 Å². The average Bonchev–Trinajstić information content (AvgIpc) is 2.86. The Bertz CT molecular complexity index is 555. The Kier molecular flexibility index (Phi) is 5.76. The first-order chi connectivity index (χ1) is 9.70. The van der Waals surface area contributed by atoms with Gasteiger partial charge in [0.1, 0.15) is 0 Å². The SMILES string of the molecule is CCCNCc1nnnn1CCc1ccc(Cl)cc1Cl. The molecular formula is C13H17Cl2N5. The molecule has 2 rings (SSSR count). The fourth-order valence-corrected chi connectivity index (χ4v) is 2.35. The lowest BCUT2D eigenvalue weighted by Gasteiger charge is -2.07. The van der Waals surface area contributed by atoms with Crippen molar-refractivity contribution in [1.29, 1.82) is 0 Å². The van der Waals surface area contributed by atoms with Gasteiger partial charge in [0.2, 0.25) is 0 Å². The van der Waals surface area contributed by atoms with Crippen molar-refractivity contribution in [2.24, 2.45) is 0 Å². The maximum atomic E-state index is 6.15. The maximum Gasteiger partial charge on any atom is 0.165 e. The Morgan fingerprint density at radius 3 is 2.90 bits per heavy atom. The van der Waals surface area contributed by atoms with Crippen molar-refractivity contribution >= 4 is 23.2 Å². The van der Waals surface area contributed by atoms with Gasteiger partial charge in [-0.15, -0.1) is 5.10 Å². The second-order valence-electron chi connectivity index (χ2n) is 4.48.